The van der Waals surface area contributed by atoms with E-state index in [1.54, 1.807) is 7.11 Å². The lowest BCUT2D eigenvalue weighted by Gasteiger charge is -2.27. The lowest BCUT2D eigenvalue weighted by Crippen LogP contribution is -2.37. The molecular formula is C31H44N2O5. The lowest BCUT2D eigenvalue weighted by molar-refractivity contribution is -0.130. The fraction of sp³-hybridized carbons (Fsp3) is 0.581. The third kappa shape index (κ3) is 8.37. The van der Waals surface area contributed by atoms with Gasteiger partial charge in [0.25, 0.3) is 0 Å². The smallest absolute Gasteiger partial charge is 0.222 e. The highest BCUT2D eigenvalue weighted by Crippen LogP contribution is 2.30. The summed E-state index contributed by atoms with van der Waals surface area (Å²) >= 11 is 0. The minimum atomic E-state index is -0.817. The van der Waals surface area contributed by atoms with Gasteiger partial charge in [-0.3, -0.25) is 9.69 Å². The molecule has 0 spiro atoms. The number of methoxy groups -OCH3 is 1. The van der Waals surface area contributed by atoms with Crippen LogP contribution in [0.3, 0.4) is 0 Å². The highest BCUT2D eigenvalue weighted by Gasteiger charge is 2.31. The van der Waals surface area contributed by atoms with Crippen molar-refractivity contribution >= 4 is 5.91 Å². The molecule has 2 aliphatic heterocycles. The van der Waals surface area contributed by atoms with Crippen LogP contribution in [0.15, 0.2) is 42.5 Å². The highest BCUT2D eigenvalue weighted by molar-refractivity contribution is 5.76. The molecule has 2 aromatic rings. The Morgan fingerprint density at radius 3 is 2.58 bits per heavy atom. The van der Waals surface area contributed by atoms with Gasteiger partial charge in [0.2, 0.25) is 5.91 Å². The van der Waals surface area contributed by atoms with Crippen molar-refractivity contribution in [3.8, 4) is 17.2 Å². The van der Waals surface area contributed by atoms with Gasteiger partial charge in [-0.05, 0) is 81.8 Å². The van der Waals surface area contributed by atoms with E-state index >= 15 is 0 Å². The van der Waals surface area contributed by atoms with Crippen molar-refractivity contribution < 1.29 is 24.1 Å². The largest absolute Gasteiger partial charge is 0.493 e. The summed E-state index contributed by atoms with van der Waals surface area (Å²) in [5.74, 6) is 2.53. The molecule has 2 heterocycles. The van der Waals surface area contributed by atoms with Crippen LogP contribution in [0.5, 0.6) is 17.2 Å². The van der Waals surface area contributed by atoms with Crippen LogP contribution in [0.4, 0.5) is 0 Å². The van der Waals surface area contributed by atoms with Crippen molar-refractivity contribution in [1.82, 2.24) is 9.80 Å². The van der Waals surface area contributed by atoms with E-state index in [0.29, 0.717) is 26.1 Å². The monoisotopic (exact) mass is 524 g/mol. The van der Waals surface area contributed by atoms with Gasteiger partial charge in [-0.2, -0.15) is 0 Å². The van der Waals surface area contributed by atoms with Crippen LogP contribution in [0.25, 0.3) is 0 Å². The van der Waals surface area contributed by atoms with E-state index in [1.807, 2.05) is 35.2 Å². The summed E-state index contributed by atoms with van der Waals surface area (Å²) in [6, 6.07) is 14.1. The summed E-state index contributed by atoms with van der Waals surface area (Å²) in [4.78, 5) is 16.6. The molecule has 0 bridgehead atoms. The van der Waals surface area contributed by atoms with Crippen molar-refractivity contribution in [1.29, 1.82) is 0 Å². The Kier molecular flexibility index (Phi) is 10.3. The minimum Gasteiger partial charge on any atom is -0.493 e. The molecule has 2 saturated heterocycles. The zero-order valence-electron chi connectivity index (χ0n) is 23.1. The number of aryl methyl sites for hydroxylation is 1. The van der Waals surface area contributed by atoms with Gasteiger partial charge in [0.1, 0.15) is 12.4 Å². The van der Waals surface area contributed by atoms with E-state index in [2.05, 4.69) is 24.0 Å². The molecule has 208 valence electrons. The summed E-state index contributed by atoms with van der Waals surface area (Å²) in [5.41, 5.74) is 1.53. The number of ether oxygens (including phenoxy) is 3. The molecule has 7 heteroatoms. The van der Waals surface area contributed by atoms with Gasteiger partial charge in [-0.1, -0.05) is 30.2 Å². The van der Waals surface area contributed by atoms with Crippen LogP contribution in [-0.2, 0) is 11.3 Å². The molecule has 0 aromatic heterocycles. The first-order chi connectivity index (χ1) is 18.4. The first-order valence-electron chi connectivity index (χ1n) is 14.2. The lowest BCUT2D eigenvalue weighted by atomic mass is 9.96. The maximum atomic E-state index is 12.2. The molecule has 1 atom stereocenters. The highest BCUT2D eigenvalue weighted by atomic mass is 16.5. The van der Waals surface area contributed by atoms with Crippen molar-refractivity contribution in [2.24, 2.45) is 0 Å². The molecule has 38 heavy (non-hydrogen) atoms. The molecule has 0 radical (unpaired) electrons. The van der Waals surface area contributed by atoms with Gasteiger partial charge < -0.3 is 24.2 Å². The first kappa shape index (κ1) is 28.2. The van der Waals surface area contributed by atoms with Gasteiger partial charge in [-0.25, -0.2) is 0 Å². The molecule has 0 saturated carbocycles. The van der Waals surface area contributed by atoms with Gasteiger partial charge in [0, 0.05) is 32.6 Å². The second kappa shape index (κ2) is 13.9. The number of amides is 1. The molecule has 2 aromatic carbocycles. The van der Waals surface area contributed by atoms with Crippen LogP contribution < -0.4 is 14.2 Å². The van der Waals surface area contributed by atoms with E-state index in [9.17, 15) is 9.90 Å². The number of hydrogen-bond acceptors (Lipinski definition) is 6. The van der Waals surface area contributed by atoms with Crippen LogP contribution in [-0.4, -0.2) is 72.9 Å². The van der Waals surface area contributed by atoms with Crippen molar-refractivity contribution in [3.63, 3.8) is 0 Å². The average molecular weight is 525 g/mol. The maximum Gasteiger partial charge on any atom is 0.222 e. The Bertz CT molecular complexity index is 1030. The number of aliphatic hydroxyl groups is 1. The standard InChI is InChI=1S/C31H44N2O5/c1-25-9-12-27(13-10-25)38-24-31(35)15-6-17-32(20-16-31)23-26-11-14-28(36-2)29(22-26)37-21-7-19-33-18-5-3-4-8-30(33)34/h9-14,22,35H,3-8,15-21,23-24H2,1-2H3/t31-/m0/s1. The fourth-order valence-electron chi connectivity index (χ4n) is 5.29. The number of carbonyl (C=O) groups excluding carboxylic acids is 1. The third-order valence-electron chi connectivity index (χ3n) is 7.67. The summed E-state index contributed by atoms with van der Waals surface area (Å²) in [7, 11) is 1.66. The summed E-state index contributed by atoms with van der Waals surface area (Å²) in [6.07, 6.45) is 7.03. The Morgan fingerprint density at radius 2 is 1.76 bits per heavy atom. The Balaban J connectivity index is 1.26. The zero-order valence-corrected chi connectivity index (χ0v) is 23.1. The third-order valence-corrected chi connectivity index (χ3v) is 7.67. The van der Waals surface area contributed by atoms with Crippen molar-refractivity contribution in [3.05, 3.63) is 53.6 Å². The zero-order chi connectivity index (χ0) is 26.8. The van der Waals surface area contributed by atoms with E-state index in [-0.39, 0.29) is 5.91 Å². The molecule has 1 amide bonds. The summed E-state index contributed by atoms with van der Waals surface area (Å²) in [6.45, 7) is 7.03. The number of likely N-dealkylation sites (tertiary alicyclic amines) is 2. The Morgan fingerprint density at radius 1 is 0.921 bits per heavy atom. The van der Waals surface area contributed by atoms with Gasteiger partial charge in [0.05, 0.1) is 19.3 Å². The SMILES string of the molecule is COc1ccc(CN2CCC[C@@](O)(COc3ccc(C)cc3)CC2)cc1OCCCN1CCCCCC1=O. The van der Waals surface area contributed by atoms with E-state index in [1.165, 1.54) is 5.56 Å². The predicted octanol–water partition coefficient (Wildman–Crippen LogP) is 4.97. The quantitative estimate of drug-likeness (QED) is 0.419. The molecule has 0 aliphatic carbocycles. The summed E-state index contributed by atoms with van der Waals surface area (Å²) in [5, 5.41) is 11.2. The van der Waals surface area contributed by atoms with Crippen molar-refractivity contribution in [2.45, 2.75) is 70.4 Å². The van der Waals surface area contributed by atoms with Gasteiger partial charge in [-0.15, -0.1) is 0 Å². The first-order valence-corrected chi connectivity index (χ1v) is 14.2. The molecular weight excluding hydrogens is 480 g/mol. The fourth-order valence-corrected chi connectivity index (χ4v) is 5.29. The van der Waals surface area contributed by atoms with Gasteiger partial charge in [0.15, 0.2) is 11.5 Å². The van der Waals surface area contributed by atoms with Crippen molar-refractivity contribution in [2.75, 3.05) is 46.5 Å². The van der Waals surface area contributed by atoms with Crippen LogP contribution in [0.1, 0.15) is 62.5 Å². The Labute approximate surface area is 227 Å². The second-order valence-electron chi connectivity index (χ2n) is 10.8. The average Bonchev–Trinajstić information content (AvgIpc) is 3.24. The topological polar surface area (TPSA) is 71.5 Å². The number of nitrogens with zero attached hydrogens (tertiary/aromatic N) is 2. The number of carbonyl (C=O) groups is 1. The molecule has 2 fully saturated rings. The van der Waals surface area contributed by atoms with E-state index in [0.717, 1.165) is 94.1 Å². The van der Waals surface area contributed by atoms with Crippen LogP contribution in [0, 0.1) is 6.92 Å². The molecule has 2 aliphatic rings. The molecule has 4 rings (SSSR count). The predicted molar refractivity (Wildman–Crippen MR) is 149 cm³/mol. The second-order valence-corrected chi connectivity index (χ2v) is 10.8. The molecule has 0 unspecified atom stereocenters. The normalized spacial score (nSPS) is 21.0. The number of rotatable bonds is 11. The maximum absolute atomic E-state index is 12.2. The minimum absolute atomic E-state index is 0.271. The molecule has 7 nitrogen and oxygen atoms in total. The van der Waals surface area contributed by atoms with Gasteiger partial charge >= 0.3 is 0 Å². The van der Waals surface area contributed by atoms with Crippen LogP contribution >= 0.6 is 0 Å². The van der Waals surface area contributed by atoms with E-state index < -0.39 is 5.60 Å². The summed E-state index contributed by atoms with van der Waals surface area (Å²) < 4.78 is 17.6. The number of benzene rings is 2. The Hall–Kier alpha value is -2.77. The number of hydrogen-bond donors (Lipinski definition) is 1. The van der Waals surface area contributed by atoms with E-state index in [4.69, 9.17) is 14.2 Å². The van der Waals surface area contributed by atoms with Crippen LogP contribution in [0.2, 0.25) is 0 Å². The molecule has 1 N–H and O–H groups in total.